The molecule has 0 nitrogen and oxygen atoms in total. The molecule has 0 fully saturated rings. The van der Waals surface area contributed by atoms with Gasteiger partial charge in [0.05, 0.1) is 5.57 Å². The van der Waals surface area contributed by atoms with Crippen LogP contribution in [0.5, 0.6) is 0 Å². The Bertz CT molecular complexity index is 180. The average Bonchev–Trinajstić information content (AvgIpc) is 1.80. The predicted octanol–water partition coefficient (Wildman–Crippen LogP) is 2.84. The van der Waals surface area contributed by atoms with Crippen LogP contribution in [0, 0.1) is 0 Å². The van der Waals surface area contributed by atoms with E-state index in [2.05, 4.69) is 6.58 Å². The van der Waals surface area contributed by atoms with Gasteiger partial charge in [0, 0.05) is 0 Å². The summed E-state index contributed by atoms with van der Waals surface area (Å²) in [5.74, 6) is 0. The van der Waals surface area contributed by atoms with E-state index in [4.69, 9.17) is 0 Å². The second-order valence-corrected chi connectivity index (χ2v) is 1.59. The first kappa shape index (κ1) is 9.05. The van der Waals surface area contributed by atoms with Crippen LogP contribution in [0.1, 0.15) is 6.92 Å². The third-order valence-electron chi connectivity index (χ3n) is 0.829. The summed E-state index contributed by atoms with van der Waals surface area (Å²) in [4.78, 5) is 0. The monoisotopic (exact) mass is 148 g/mol. The quantitative estimate of drug-likeness (QED) is 0.396. The Morgan fingerprint density at radius 2 is 2.00 bits per heavy atom. The molecule has 0 aliphatic carbocycles. The van der Waals surface area contributed by atoms with Crippen molar-refractivity contribution in [3.05, 3.63) is 30.0 Å². The third-order valence-corrected chi connectivity index (χ3v) is 0.829. The molecule has 0 radical (unpaired) electrons. The van der Waals surface area contributed by atoms with Crippen molar-refractivity contribution in [2.24, 2.45) is 0 Å². The van der Waals surface area contributed by atoms with E-state index in [1.807, 2.05) is 0 Å². The highest BCUT2D eigenvalue weighted by atomic mass is 19.4. The normalized spacial score (nSPS) is 11.6. The summed E-state index contributed by atoms with van der Waals surface area (Å²) < 4.78 is 35.1. The largest absolute Gasteiger partial charge is 0.423 e. The molecule has 0 bridgehead atoms. The summed E-state index contributed by atoms with van der Waals surface area (Å²) in [6, 6.07) is 0. The highest BCUT2D eigenvalue weighted by molar-refractivity contribution is 5.21. The molecule has 0 aromatic rings. The molecule has 0 N–H and O–H groups in total. The zero-order valence-electron chi connectivity index (χ0n) is 5.50. The van der Waals surface area contributed by atoms with E-state index in [9.17, 15) is 13.2 Å². The number of alkyl halides is 3. The number of hydrogen-bond donors (Lipinski definition) is 0. The predicted molar refractivity (Wildman–Crippen MR) is 33.5 cm³/mol. The maximum atomic E-state index is 11.7. The Morgan fingerprint density at radius 1 is 1.50 bits per heavy atom. The van der Waals surface area contributed by atoms with Gasteiger partial charge in [-0.3, -0.25) is 0 Å². The van der Waals surface area contributed by atoms with Crippen LogP contribution in [0.15, 0.2) is 30.0 Å². The van der Waals surface area contributed by atoms with Crippen LogP contribution in [0.3, 0.4) is 0 Å². The number of rotatable bonds is 1. The molecule has 0 amide bonds. The first-order valence-electron chi connectivity index (χ1n) is 2.62. The number of allylic oxidation sites excluding steroid dienone is 3. The van der Waals surface area contributed by atoms with E-state index in [0.717, 1.165) is 6.08 Å². The van der Waals surface area contributed by atoms with Crippen LogP contribution in [-0.4, -0.2) is 6.18 Å². The van der Waals surface area contributed by atoms with Crippen molar-refractivity contribution in [1.29, 1.82) is 0 Å². The van der Waals surface area contributed by atoms with E-state index in [-0.39, 0.29) is 0 Å². The van der Waals surface area contributed by atoms with Crippen LogP contribution in [-0.2, 0) is 0 Å². The fraction of sp³-hybridized carbons (Fsp3) is 0.286. The van der Waals surface area contributed by atoms with E-state index >= 15 is 0 Å². The van der Waals surface area contributed by atoms with Gasteiger partial charge in [0.2, 0.25) is 0 Å². The molecule has 0 aliphatic rings. The summed E-state index contributed by atoms with van der Waals surface area (Å²) in [5, 5.41) is 0. The Kier molecular flexibility index (Phi) is 2.97. The standard InChI is InChI=1S/C7H7F3/c1-3-5-6(4-2)7(8,9)10/h3,5H,2H2,1H3/b5-3-. The number of hydrogen-bond acceptors (Lipinski definition) is 0. The van der Waals surface area contributed by atoms with Gasteiger partial charge in [0.1, 0.15) is 0 Å². The van der Waals surface area contributed by atoms with E-state index in [1.165, 1.54) is 13.0 Å². The maximum Gasteiger partial charge on any atom is 0.423 e. The molecule has 0 spiro atoms. The zero-order valence-corrected chi connectivity index (χ0v) is 5.50. The molecular weight excluding hydrogens is 141 g/mol. The molecule has 0 saturated carbocycles. The molecule has 0 unspecified atom stereocenters. The SMILES string of the molecule is C=C=C(/C=C\C)C(F)(F)F. The molecule has 0 atom stereocenters. The Morgan fingerprint density at radius 3 is 2.10 bits per heavy atom. The lowest BCUT2D eigenvalue weighted by Crippen LogP contribution is -2.08. The molecule has 0 saturated heterocycles. The Balaban J connectivity index is 4.56. The summed E-state index contributed by atoms with van der Waals surface area (Å²) >= 11 is 0. The lowest BCUT2D eigenvalue weighted by Gasteiger charge is -2.02. The summed E-state index contributed by atoms with van der Waals surface area (Å²) in [5.41, 5.74) is 0.960. The fourth-order valence-electron chi connectivity index (χ4n) is 0.420. The maximum absolute atomic E-state index is 11.7. The van der Waals surface area contributed by atoms with Gasteiger partial charge in [-0.2, -0.15) is 13.2 Å². The molecule has 0 aromatic carbocycles. The van der Waals surface area contributed by atoms with Crippen molar-refractivity contribution >= 4 is 0 Å². The van der Waals surface area contributed by atoms with Gasteiger partial charge in [-0.15, -0.1) is 5.73 Å². The van der Waals surface area contributed by atoms with Crippen molar-refractivity contribution < 1.29 is 13.2 Å². The van der Waals surface area contributed by atoms with Crippen molar-refractivity contribution in [3.63, 3.8) is 0 Å². The highest BCUT2D eigenvalue weighted by Gasteiger charge is 2.31. The van der Waals surface area contributed by atoms with E-state index in [1.54, 1.807) is 5.73 Å². The smallest absolute Gasteiger partial charge is 0.165 e. The average molecular weight is 148 g/mol. The molecule has 0 aliphatic heterocycles. The van der Waals surface area contributed by atoms with Crippen LogP contribution < -0.4 is 0 Å². The third kappa shape index (κ3) is 2.55. The van der Waals surface area contributed by atoms with Crippen molar-refractivity contribution in [2.75, 3.05) is 0 Å². The van der Waals surface area contributed by atoms with Crippen LogP contribution >= 0.6 is 0 Å². The van der Waals surface area contributed by atoms with Crippen LogP contribution in [0.4, 0.5) is 13.2 Å². The van der Waals surface area contributed by atoms with Crippen molar-refractivity contribution in [3.8, 4) is 0 Å². The minimum absolute atomic E-state index is 0.838. The summed E-state index contributed by atoms with van der Waals surface area (Å²) in [7, 11) is 0. The molecule has 10 heavy (non-hydrogen) atoms. The highest BCUT2D eigenvalue weighted by Crippen LogP contribution is 2.25. The second-order valence-electron chi connectivity index (χ2n) is 1.59. The van der Waals surface area contributed by atoms with E-state index < -0.39 is 11.7 Å². The van der Waals surface area contributed by atoms with Crippen LogP contribution in [0.2, 0.25) is 0 Å². The molecular formula is C7H7F3. The zero-order chi connectivity index (χ0) is 8.20. The Labute approximate surface area is 57.4 Å². The van der Waals surface area contributed by atoms with Gasteiger partial charge in [-0.25, -0.2) is 0 Å². The lowest BCUT2D eigenvalue weighted by molar-refractivity contribution is -0.0879. The molecule has 0 heterocycles. The minimum atomic E-state index is -4.33. The van der Waals surface area contributed by atoms with E-state index in [0.29, 0.717) is 0 Å². The van der Waals surface area contributed by atoms with Gasteiger partial charge < -0.3 is 0 Å². The Hall–Kier alpha value is -0.950. The van der Waals surface area contributed by atoms with Gasteiger partial charge in [-0.05, 0) is 13.0 Å². The van der Waals surface area contributed by atoms with Crippen LogP contribution in [0.25, 0.3) is 0 Å². The fourth-order valence-corrected chi connectivity index (χ4v) is 0.420. The molecule has 0 aromatic heterocycles. The second kappa shape index (κ2) is 3.28. The van der Waals surface area contributed by atoms with Gasteiger partial charge in [-0.1, -0.05) is 12.7 Å². The van der Waals surface area contributed by atoms with Gasteiger partial charge in [0.25, 0.3) is 0 Å². The summed E-state index contributed by atoms with van der Waals surface area (Å²) in [6.45, 7) is 4.42. The summed E-state index contributed by atoms with van der Waals surface area (Å²) in [6.07, 6.45) is -2.11. The topological polar surface area (TPSA) is 0 Å². The first-order valence-corrected chi connectivity index (χ1v) is 2.62. The number of halogens is 3. The van der Waals surface area contributed by atoms with Gasteiger partial charge in [0.15, 0.2) is 0 Å². The molecule has 3 heteroatoms. The van der Waals surface area contributed by atoms with Crippen molar-refractivity contribution in [2.45, 2.75) is 13.1 Å². The minimum Gasteiger partial charge on any atom is -0.165 e. The molecule has 0 rings (SSSR count). The first-order chi connectivity index (χ1) is 4.52. The lowest BCUT2D eigenvalue weighted by atomic mass is 10.2. The van der Waals surface area contributed by atoms with Crippen molar-refractivity contribution in [1.82, 2.24) is 0 Å². The molecule has 56 valence electrons. The van der Waals surface area contributed by atoms with Gasteiger partial charge >= 0.3 is 6.18 Å².